The molecule has 2 atom stereocenters. The van der Waals surface area contributed by atoms with Gasteiger partial charge in [0.2, 0.25) is 0 Å². The van der Waals surface area contributed by atoms with Crippen LogP contribution in [0, 0.1) is 11.8 Å². The van der Waals surface area contributed by atoms with Gasteiger partial charge in [0.05, 0.1) is 0 Å². The van der Waals surface area contributed by atoms with E-state index in [4.69, 9.17) is 0 Å². The molecule has 0 heteroatoms. The highest BCUT2D eigenvalue weighted by molar-refractivity contribution is 5.49. The van der Waals surface area contributed by atoms with Crippen LogP contribution in [0.2, 0.25) is 0 Å². The number of unbranched alkanes of at least 4 members (excludes halogenated alkanes) is 3. The van der Waals surface area contributed by atoms with Crippen molar-refractivity contribution in [2.75, 3.05) is 0 Å². The van der Waals surface area contributed by atoms with Crippen LogP contribution < -0.4 is 0 Å². The van der Waals surface area contributed by atoms with E-state index in [0.29, 0.717) is 0 Å². The van der Waals surface area contributed by atoms with E-state index in [2.05, 4.69) is 49.4 Å². The van der Waals surface area contributed by atoms with Crippen molar-refractivity contribution in [3.05, 3.63) is 42.0 Å². The van der Waals surface area contributed by atoms with Gasteiger partial charge in [-0.05, 0) is 30.2 Å². The van der Waals surface area contributed by atoms with E-state index in [1.807, 2.05) is 0 Å². The summed E-state index contributed by atoms with van der Waals surface area (Å²) >= 11 is 0. The minimum Gasteiger partial charge on any atom is -0.0805 e. The van der Waals surface area contributed by atoms with Gasteiger partial charge in [-0.3, -0.25) is 0 Å². The van der Waals surface area contributed by atoms with E-state index in [1.165, 1.54) is 44.1 Å². The lowest BCUT2D eigenvalue weighted by Gasteiger charge is -1.97. The summed E-state index contributed by atoms with van der Waals surface area (Å²) in [6.45, 7) is 2.28. The Balaban J connectivity index is 1.64. The lowest BCUT2D eigenvalue weighted by molar-refractivity contribution is 0.585. The van der Waals surface area contributed by atoms with Crippen molar-refractivity contribution >= 4 is 6.08 Å². The Hall–Kier alpha value is -1.04. The fourth-order valence-electron chi connectivity index (χ4n) is 2.47. The summed E-state index contributed by atoms with van der Waals surface area (Å²) in [5.41, 5.74) is 1.34. The first-order valence-corrected chi connectivity index (χ1v) is 7.13. The Morgan fingerprint density at radius 2 is 1.94 bits per heavy atom. The number of hydrogen-bond acceptors (Lipinski definition) is 0. The van der Waals surface area contributed by atoms with Gasteiger partial charge in [0, 0.05) is 0 Å². The SMILES string of the molecule is CCCCCC[C@H]1C[C@@H]1/C=C/c1ccccc1. The molecule has 1 aliphatic rings. The third kappa shape index (κ3) is 4.38. The minimum absolute atomic E-state index is 0.872. The topological polar surface area (TPSA) is 0 Å². The predicted octanol–water partition coefficient (Wildman–Crippen LogP) is 5.31. The molecule has 0 heterocycles. The number of allylic oxidation sites excluding steroid dienone is 1. The second-order valence-corrected chi connectivity index (χ2v) is 5.28. The second-order valence-electron chi connectivity index (χ2n) is 5.28. The molecular formula is C17H24. The van der Waals surface area contributed by atoms with Crippen LogP contribution in [0.15, 0.2) is 36.4 Å². The van der Waals surface area contributed by atoms with Gasteiger partial charge in [-0.15, -0.1) is 0 Å². The van der Waals surface area contributed by atoms with Crippen molar-refractivity contribution in [1.29, 1.82) is 0 Å². The van der Waals surface area contributed by atoms with E-state index >= 15 is 0 Å². The molecule has 1 aromatic carbocycles. The molecule has 0 bridgehead atoms. The molecule has 0 aromatic heterocycles. The number of rotatable bonds is 7. The number of benzene rings is 1. The van der Waals surface area contributed by atoms with Gasteiger partial charge in [0.1, 0.15) is 0 Å². The van der Waals surface area contributed by atoms with Gasteiger partial charge in [0.15, 0.2) is 0 Å². The van der Waals surface area contributed by atoms with Crippen LogP contribution in [0.1, 0.15) is 51.0 Å². The minimum atomic E-state index is 0.872. The molecule has 0 nitrogen and oxygen atoms in total. The molecule has 1 aromatic rings. The zero-order valence-electron chi connectivity index (χ0n) is 10.9. The highest BCUT2D eigenvalue weighted by Gasteiger charge is 2.33. The fourth-order valence-corrected chi connectivity index (χ4v) is 2.47. The Bertz CT molecular complexity index is 336. The highest BCUT2D eigenvalue weighted by atomic mass is 14.4. The average Bonchev–Trinajstić information content (AvgIpc) is 3.12. The lowest BCUT2D eigenvalue weighted by atomic mass is 10.1. The van der Waals surface area contributed by atoms with Gasteiger partial charge in [0.25, 0.3) is 0 Å². The maximum atomic E-state index is 2.42. The zero-order valence-corrected chi connectivity index (χ0v) is 10.9. The van der Waals surface area contributed by atoms with Gasteiger partial charge in [-0.2, -0.15) is 0 Å². The van der Waals surface area contributed by atoms with E-state index in [9.17, 15) is 0 Å². The van der Waals surface area contributed by atoms with E-state index in [1.54, 1.807) is 0 Å². The van der Waals surface area contributed by atoms with Gasteiger partial charge in [-0.1, -0.05) is 75.1 Å². The first-order valence-electron chi connectivity index (χ1n) is 7.13. The second kappa shape index (κ2) is 6.64. The van der Waals surface area contributed by atoms with Crippen molar-refractivity contribution in [2.24, 2.45) is 11.8 Å². The number of hydrogen-bond donors (Lipinski definition) is 0. The summed E-state index contributed by atoms with van der Waals surface area (Å²) in [5.74, 6) is 1.86. The molecule has 2 rings (SSSR count). The Morgan fingerprint density at radius 3 is 2.71 bits per heavy atom. The molecule has 0 amide bonds. The molecular weight excluding hydrogens is 204 g/mol. The van der Waals surface area contributed by atoms with E-state index < -0.39 is 0 Å². The normalized spacial score (nSPS) is 23.1. The van der Waals surface area contributed by atoms with Gasteiger partial charge < -0.3 is 0 Å². The average molecular weight is 228 g/mol. The first kappa shape index (κ1) is 12.4. The Kier molecular flexibility index (Phi) is 4.85. The van der Waals surface area contributed by atoms with Crippen molar-refractivity contribution in [3.8, 4) is 0 Å². The largest absolute Gasteiger partial charge is 0.0805 e. The zero-order chi connectivity index (χ0) is 11.9. The molecule has 17 heavy (non-hydrogen) atoms. The molecule has 92 valence electrons. The smallest absolute Gasteiger partial charge is 0.0199 e. The summed E-state index contributed by atoms with van der Waals surface area (Å²) in [7, 11) is 0. The summed E-state index contributed by atoms with van der Waals surface area (Å²) in [6.07, 6.45) is 13.2. The molecule has 1 fully saturated rings. The predicted molar refractivity (Wildman–Crippen MR) is 75.8 cm³/mol. The fraction of sp³-hybridized carbons (Fsp3) is 0.529. The van der Waals surface area contributed by atoms with Crippen LogP contribution in [0.4, 0.5) is 0 Å². The quantitative estimate of drug-likeness (QED) is 0.555. The van der Waals surface area contributed by atoms with Crippen LogP contribution in [0.3, 0.4) is 0 Å². The van der Waals surface area contributed by atoms with Crippen LogP contribution in [-0.4, -0.2) is 0 Å². The summed E-state index contributed by atoms with van der Waals surface area (Å²) in [4.78, 5) is 0. The van der Waals surface area contributed by atoms with Gasteiger partial charge >= 0.3 is 0 Å². The van der Waals surface area contributed by atoms with Gasteiger partial charge in [-0.25, -0.2) is 0 Å². The van der Waals surface area contributed by atoms with Crippen molar-refractivity contribution in [3.63, 3.8) is 0 Å². The lowest BCUT2D eigenvalue weighted by Crippen LogP contribution is -1.82. The van der Waals surface area contributed by atoms with Crippen LogP contribution in [0.25, 0.3) is 6.08 Å². The Labute approximate surface area is 106 Å². The molecule has 1 saturated carbocycles. The van der Waals surface area contributed by atoms with E-state index in [-0.39, 0.29) is 0 Å². The van der Waals surface area contributed by atoms with Crippen molar-refractivity contribution in [2.45, 2.75) is 45.4 Å². The molecule has 0 unspecified atom stereocenters. The van der Waals surface area contributed by atoms with Crippen molar-refractivity contribution < 1.29 is 0 Å². The van der Waals surface area contributed by atoms with Crippen molar-refractivity contribution in [1.82, 2.24) is 0 Å². The third-order valence-electron chi connectivity index (χ3n) is 3.74. The molecule has 0 N–H and O–H groups in total. The maximum absolute atomic E-state index is 2.42. The van der Waals surface area contributed by atoms with E-state index in [0.717, 1.165) is 11.8 Å². The molecule has 0 radical (unpaired) electrons. The Morgan fingerprint density at radius 1 is 1.12 bits per heavy atom. The summed E-state index contributed by atoms with van der Waals surface area (Å²) in [6, 6.07) is 10.6. The van der Waals surface area contributed by atoms with Crippen LogP contribution >= 0.6 is 0 Å². The standard InChI is InChI=1S/C17H24/c1-2-3-4-8-11-16-14-17(16)13-12-15-9-6-5-7-10-15/h5-7,9-10,12-13,16-17H,2-4,8,11,14H2,1H3/b13-12+/t16-,17-/m0/s1. The monoisotopic (exact) mass is 228 g/mol. The highest BCUT2D eigenvalue weighted by Crippen LogP contribution is 2.43. The van der Waals surface area contributed by atoms with Crippen LogP contribution in [0.5, 0.6) is 0 Å². The molecule has 0 saturated heterocycles. The maximum Gasteiger partial charge on any atom is -0.0199 e. The third-order valence-corrected chi connectivity index (χ3v) is 3.74. The molecule has 1 aliphatic carbocycles. The van der Waals surface area contributed by atoms with Crippen LogP contribution in [-0.2, 0) is 0 Å². The first-order chi connectivity index (χ1) is 8.40. The summed E-state index contributed by atoms with van der Waals surface area (Å²) < 4.78 is 0. The molecule has 0 aliphatic heterocycles. The molecule has 0 spiro atoms. The summed E-state index contributed by atoms with van der Waals surface area (Å²) in [5, 5.41) is 0.